The molecule has 7 heteroatoms. The molecule has 0 radical (unpaired) electrons. The smallest absolute Gasteiger partial charge is 0.340 e. The summed E-state index contributed by atoms with van der Waals surface area (Å²) >= 11 is 0. The fraction of sp³-hybridized carbons (Fsp3) is 0.385. The summed E-state index contributed by atoms with van der Waals surface area (Å²) in [5, 5.41) is 3.01. The van der Waals surface area contributed by atoms with E-state index in [1.54, 1.807) is 25.1 Å². The van der Waals surface area contributed by atoms with E-state index in [9.17, 15) is 9.59 Å². The lowest BCUT2D eigenvalue weighted by Crippen LogP contribution is -2.21. The van der Waals surface area contributed by atoms with E-state index in [1.807, 2.05) is 0 Å². The Labute approximate surface area is 117 Å². The first-order valence-corrected chi connectivity index (χ1v) is 6.21. The molecule has 0 saturated heterocycles. The van der Waals surface area contributed by atoms with Crippen LogP contribution in [-0.2, 0) is 14.3 Å². The van der Waals surface area contributed by atoms with Gasteiger partial charge in [0.15, 0.2) is 0 Å². The highest BCUT2D eigenvalue weighted by Gasteiger charge is 2.13. The van der Waals surface area contributed by atoms with Crippen molar-refractivity contribution >= 4 is 23.3 Å². The third-order valence-corrected chi connectivity index (χ3v) is 2.41. The van der Waals surface area contributed by atoms with E-state index in [0.29, 0.717) is 30.1 Å². The zero-order valence-electron chi connectivity index (χ0n) is 11.3. The molecule has 1 amide bonds. The molecule has 0 aliphatic rings. The van der Waals surface area contributed by atoms with Crippen LogP contribution < -0.4 is 16.8 Å². The van der Waals surface area contributed by atoms with E-state index in [4.69, 9.17) is 20.9 Å². The third kappa shape index (κ3) is 4.77. The zero-order chi connectivity index (χ0) is 15.0. The highest BCUT2D eigenvalue weighted by molar-refractivity contribution is 5.98. The molecule has 0 fully saturated rings. The zero-order valence-corrected chi connectivity index (χ0v) is 11.3. The minimum Gasteiger partial charge on any atom is -0.462 e. The number of para-hydroxylation sites is 1. The number of carbonyl (C=O) groups is 2. The Bertz CT molecular complexity index is 477. The second kappa shape index (κ2) is 8.00. The molecule has 5 N–H and O–H groups in total. The molecule has 20 heavy (non-hydrogen) atoms. The molecular formula is C13H19N3O4. The molecule has 0 atom stereocenters. The highest BCUT2D eigenvalue weighted by Crippen LogP contribution is 2.23. The third-order valence-electron chi connectivity index (χ3n) is 2.41. The lowest BCUT2D eigenvalue weighted by molar-refractivity contribution is -0.122. The van der Waals surface area contributed by atoms with E-state index in [-0.39, 0.29) is 13.2 Å². The number of nitrogens with two attached hydrogens (primary N) is 2. The fourth-order valence-electron chi connectivity index (χ4n) is 1.54. The first-order chi connectivity index (χ1) is 9.56. The number of hydrogen-bond donors (Lipinski definition) is 3. The summed E-state index contributed by atoms with van der Waals surface area (Å²) < 4.78 is 9.91. The Balaban J connectivity index is 2.56. The number of carbonyl (C=O) groups excluding carboxylic acids is 2. The normalized spacial score (nSPS) is 10.1. The summed E-state index contributed by atoms with van der Waals surface area (Å²) in [6.07, 6.45) is 0. The van der Waals surface area contributed by atoms with Crippen LogP contribution in [0.1, 0.15) is 17.3 Å². The van der Waals surface area contributed by atoms with Crippen molar-refractivity contribution in [2.24, 2.45) is 5.73 Å². The number of esters is 1. The Morgan fingerprint density at radius 2 is 2.10 bits per heavy atom. The average Bonchev–Trinajstić information content (AvgIpc) is 2.40. The molecule has 0 unspecified atom stereocenters. The van der Waals surface area contributed by atoms with Gasteiger partial charge >= 0.3 is 5.97 Å². The maximum Gasteiger partial charge on any atom is 0.340 e. The first kappa shape index (κ1) is 15.8. The molecule has 7 nitrogen and oxygen atoms in total. The molecule has 0 bridgehead atoms. The number of benzene rings is 1. The van der Waals surface area contributed by atoms with Crippen LogP contribution in [0.15, 0.2) is 18.2 Å². The first-order valence-electron chi connectivity index (χ1n) is 6.21. The van der Waals surface area contributed by atoms with Gasteiger partial charge in [-0.05, 0) is 19.1 Å². The van der Waals surface area contributed by atoms with Crippen molar-refractivity contribution in [1.29, 1.82) is 0 Å². The van der Waals surface area contributed by atoms with Crippen LogP contribution in [0.3, 0.4) is 0 Å². The molecule has 0 saturated carbocycles. The minimum atomic E-state index is -0.520. The number of hydrogen-bond acceptors (Lipinski definition) is 6. The molecule has 0 heterocycles. The van der Waals surface area contributed by atoms with Gasteiger partial charge in [0.2, 0.25) is 5.91 Å². The van der Waals surface area contributed by atoms with Gasteiger partial charge < -0.3 is 26.3 Å². The second-order valence-corrected chi connectivity index (χ2v) is 3.93. The highest BCUT2D eigenvalue weighted by atomic mass is 16.5. The Morgan fingerprint density at radius 1 is 1.35 bits per heavy atom. The fourth-order valence-corrected chi connectivity index (χ4v) is 1.54. The van der Waals surface area contributed by atoms with Crippen LogP contribution in [-0.4, -0.2) is 38.2 Å². The molecule has 1 rings (SSSR count). The average molecular weight is 281 g/mol. The van der Waals surface area contributed by atoms with Gasteiger partial charge in [-0.1, -0.05) is 6.07 Å². The molecular weight excluding hydrogens is 262 g/mol. The van der Waals surface area contributed by atoms with Crippen molar-refractivity contribution in [1.82, 2.24) is 0 Å². The predicted octanol–water partition coefficient (Wildman–Crippen LogP) is 0.359. The monoisotopic (exact) mass is 281 g/mol. The van der Waals surface area contributed by atoms with Gasteiger partial charge in [0.05, 0.1) is 30.2 Å². The van der Waals surface area contributed by atoms with Crippen molar-refractivity contribution in [2.75, 3.05) is 37.4 Å². The van der Waals surface area contributed by atoms with Crippen LogP contribution >= 0.6 is 0 Å². The van der Waals surface area contributed by atoms with Gasteiger partial charge in [-0.3, -0.25) is 4.79 Å². The Morgan fingerprint density at radius 3 is 2.75 bits per heavy atom. The van der Waals surface area contributed by atoms with Crippen LogP contribution in [0.2, 0.25) is 0 Å². The van der Waals surface area contributed by atoms with Crippen molar-refractivity contribution in [3.05, 3.63) is 23.8 Å². The number of rotatable bonds is 8. The van der Waals surface area contributed by atoms with E-state index in [1.165, 1.54) is 0 Å². The van der Waals surface area contributed by atoms with Crippen molar-refractivity contribution < 1.29 is 19.1 Å². The van der Waals surface area contributed by atoms with Gasteiger partial charge in [-0.15, -0.1) is 0 Å². The van der Waals surface area contributed by atoms with Crippen LogP contribution in [0.5, 0.6) is 0 Å². The number of anilines is 2. The maximum atomic E-state index is 11.7. The second-order valence-electron chi connectivity index (χ2n) is 3.93. The van der Waals surface area contributed by atoms with E-state index >= 15 is 0 Å². The van der Waals surface area contributed by atoms with Crippen molar-refractivity contribution in [3.63, 3.8) is 0 Å². The van der Waals surface area contributed by atoms with E-state index in [0.717, 1.165) is 0 Å². The molecule has 110 valence electrons. The number of nitrogens with one attached hydrogen (secondary N) is 1. The van der Waals surface area contributed by atoms with Crippen molar-refractivity contribution in [2.45, 2.75) is 6.92 Å². The lowest BCUT2D eigenvalue weighted by atomic mass is 10.1. The molecule has 1 aromatic rings. The Kier molecular flexibility index (Phi) is 6.31. The summed E-state index contributed by atoms with van der Waals surface area (Å²) in [6, 6.07) is 5.05. The summed E-state index contributed by atoms with van der Waals surface area (Å²) in [5.74, 6) is -0.979. The maximum absolute atomic E-state index is 11.7. The lowest BCUT2D eigenvalue weighted by Gasteiger charge is -2.12. The van der Waals surface area contributed by atoms with Gasteiger partial charge in [0.1, 0.15) is 6.61 Å². The van der Waals surface area contributed by atoms with Crippen LogP contribution in [0.4, 0.5) is 11.4 Å². The Hall–Kier alpha value is -2.28. The number of primary amides is 1. The number of ether oxygens (including phenoxy) is 2. The van der Waals surface area contributed by atoms with Gasteiger partial charge in [-0.25, -0.2) is 4.79 Å². The molecule has 0 aliphatic carbocycles. The summed E-state index contributed by atoms with van der Waals surface area (Å²) in [7, 11) is 0. The summed E-state index contributed by atoms with van der Waals surface area (Å²) in [5.41, 5.74) is 12.1. The van der Waals surface area contributed by atoms with Gasteiger partial charge in [0, 0.05) is 6.54 Å². The largest absolute Gasteiger partial charge is 0.462 e. The van der Waals surface area contributed by atoms with Gasteiger partial charge in [0.25, 0.3) is 0 Å². The van der Waals surface area contributed by atoms with Crippen LogP contribution in [0.25, 0.3) is 0 Å². The topological polar surface area (TPSA) is 117 Å². The molecule has 1 aromatic carbocycles. The molecule has 0 spiro atoms. The quantitative estimate of drug-likeness (QED) is 0.360. The predicted molar refractivity (Wildman–Crippen MR) is 75.3 cm³/mol. The standard InChI is InChI=1S/C13H19N3O4/c1-2-20-13(18)9-4-3-5-10(12(9)15)16-6-7-19-8-11(14)17/h3-5,16H,2,6-8,15H2,1H3,(H2,14,17). The van der Waals surface area contributed by atoms with Crippen molar-refractivity contribution in [3.8, 4) is 0 Å². The molecule has 0 aromatic heterocycles. The summed E-state index contributed by atoms with van der Waals surface area (Å²) in [4.78, 5) is 22.1. The number of amides is 1. The van der Waals surface area contributed by atoms with Gasteiger partial charge in [-0.2, -0.15) is 0 Å². The summed E-state index contributed by atoms with van der Waals surface area (Å²) in [6.45, 7) is 2.62. The van der Waals surface area contributed by atoms with Crippen LogP contribution in [0, 0.1) is 0 Å². The number of nitrogen functional groups attached to an aromatic ring is 1. The van der Waals surface area contributed by atoms with E-state index in [2.05, 4.69) is 5.32 Å². The molecule has 0 aliphatic heterocycles. The minimum absolute atomic E-state index is 0.125. The SMILES string of the molecule is CCOC(=O)c1cccc(NCCOCC(N)=O)c1N. The van der Waals surface area contributed by atoms with E-state index < -0.39 is 11.9 Å².